The van der Waals surface area contributed by atoms with Gasteiger partial charge in [-0.1, -0.05) is 25.4 Å². The summed E-state index contributed by atoms with van der Waals surface area (Å²) < 4.78 is 5.74. The minimum Gasteiger partial charge on any atom is -0.481 e. The Morgan fingerprint density at radius 1 is 1.35 bits per heavy atom. The van der Waals surface area contributed by atoms with Crippen molar-refractivity contribution in [1.82, 2.24) is 10.6 Å². The van der Waals surface area contributed by atoms with E-state index in [4.69, 9.17) is 16.3 Å². The maximum Gasteiger partial charge on any atom is 0.260 e. The summed E-state index contributed by atoms with van der Waals surface area (Å²) in [4.78, 5) is 11.7. The van der Waals surface area contributed by atoms with Gasteiger partial charge in [-0.3, -0.25) is 4.79 Å². The van der Waals surface area contributed by atoms with Gasteiger partial charge in [-0.2, -0.15) is 0 Å². The minimum atomic E-state index is -0.533. The van der Waals surface area contributed by atoms with Crippen LogP contribution in [0.1, 0.15) is 33.3 Å². The van der Waals surface area contributed by atoms with E-state index in [1.807, 2.05) is 13.0 Å². The minimum absolute atomic E-state index is 0.120. The van der Waals surface area contributed by atoms with Crippen molar-refractivity contribution < 1.29 is 9.53 Å². The summed E-state index contributed by atoms with van der Waals surface area (Å²) in [7, 11) is 0. The predicted molar refractivity (Wildman–Crippen MR) is 82.2 cm³/mol. The van der Waals surface area contributed by atoms with Crippen molar-refractivity contribution in [2.45, 2.75) is 46.4 Å². The molecule has 0 radical (unpaired) electrons. The SMILES string of the molecule is CCNC(=O)C(C)Oc1ccc(Cl)cc1CNC(C)C. The van der Waals surface area contributed by atoms with Crippen LogP contribution in [0, 0.1) is 0 Å². The predicted octanol–water partition coefficient (Wildman–Crippen LogP) is 2.74. The van der Waals surface area contributed by atoms with Gasteiger partial charge in [-0.15, -0.1) is 0 Å². The van der Waals surface area contributed by atoms with E-state index in [2.05, 4.69) is 24.5 Å². The molecule has 0 aromatic heterocycles. The summed E-state index contributed by atoms with van der Waals surface area (Å²) in [5, 5.41) is 6.71. The van der Waals surface area contributed by atoms with Gasteiger partial charge in [-0.25, -0.2) is 0 Å². The quantitative estimate of drug-likeness (QED) is 0.814. The molecule has 0 heterocycles. The van der Waals surface area contributed by atoms with Crippen molar-refractivity contribution in [2.24, 2.45) is 0 Å². The van der Waals surface area contributed by atoms with Crippen LogP contribution in [-0.2, 0) is 11.3 Å². The largest absolute Gasteiger partial charge is 0.481 e. The Morgan fingerprint density at radius 3 is 2.65 bits per heavy atom. The number of halogens is 1. The van der Waals surface area contributed by atoms with Crippen LogP contribution in [0.2, 0.25) is 5.02 Å². The lowest BCUT2D eigenvalue weighted by Crippen LogP contribution is -2.36. The Morgan fingerprint density at radius 2 is 2.05 bits per heavy atom. The van der Waals surface area contributed by atoms with Crippen LogP contribution in [0.5, 0.6) is 5.75 Å². The monoisotopic (exact) mass is 298 g/mol. The van der Waals surface area contributed by atoms with Crippen molar-refractivity contribution in [3.05, 3.63) is 28.8 Å². The van der Waals surface area contributed by atoms with E-state index in [-0.39, 0.29) is 5.91 Å². The van der Waals surface area contributed by atoms with Gasteiger partial charge >= 0.3 is 0 Å². The van der Waals surface area contributed by atoms with Gasteiger partial charge in [0.25, 0.3) is 5.91 Å². The standard InChI is InChI=1S/C15H23ClN2O2/c1-5-17-15(19)11(4)20-14-7-6-13(16)8-12(14)9-18-10(2)3/h6-8,10-11,18H,5,9H2,1-4H3,(H,17,19). The van der Waals surface area contributed by atoms with Crippen LogP contribution in [-0.4, -0.2) is 24.6 Å². The van der Waals surface area contributed by atoms with Crippen LogP contribution in [0.3, 0.4) is 0 Å². The third-order valence-corrected chi connectivity index (χ3v) is 2.98. The number of ether oxygens (including phenoxy) is 1. The summed E-state index contributed by atoms with van der Waals surface area (Å²) in [6, 6.07) is 5.79. The first-order valence-corrected chi connectivity index (χ1v) is 7.28. The number of nitrogens with one attached hydrogen (secondary N) is 2. The Bertz CT molecular complexity index is 449. The van der Waals surface area contributed by atoms with Crippen molar-refractivity contribution >= 4 is 17.5 Å². The number of carbonyl (C=O) groups excluding carboxylic acids is 1. The molecule has 1 atom stereocenters. The maximum absolute atomic E-state index is 11.7. The van der Waals surface area contributed by atoms with Crippen LogP contribution < -0.4 is 15.4 Å². The molecule has 0 bridgehead atoms. The van der Waals surface area contributed by atoms with Crippen LogP contribution >= 0.6 is 11.6 Å². The molecule has 0 saturated heterocycles. The molecule has 1 rings (SSSR count). The lowest BCUT2D eigenvalue weighted by Gasteiger charge is -2.18. The highest BCUT2D eigenvalue weighted by atomic mass is 35.5. The Hall–Kier alpha value is -1.26. The van der Waals surface area contributed by atoms with Gasteiger partial charge in [0.15, 0.2) is 6.10 Å². The molecule has 1 amide bonds. The number of rotatable bonds is 7. The van der Waals surface area contributed by atoms with Crippen molar-refractivity contribution in [1.29, 1.82) is 0 Å². The molecule has 112 valence electrons. The number of likely N-dealkylation sites (N-methyl/N-ethyl adjacent to an activating group) is 1. The summed E-state index contributed by atoms with van der Waals surface area (Å²) in [6.45, 7) is 9.00. The molecule has 5 heteroatoms. The molecule has 20 heavy (non-hydrogen) atoms. The average molecular weight is 299 g/mol. The second kappa shape index (κ2) is 8.12. The third kappa shape index (κ3) is 5.39. The van der Waals surface area contributed by atoms with E-state index in [0.717, 1.165) is 5.56 Å². The Balaban J connectivity index is 2.80. The fraction of sp³-hybridized carbons (Fsp3) is 0.533. The topological polar surface area (TPSA) is 50.4 Å². The van der Waals surface area contributed by atoms with Crippen LogP contribution in [0.25, 0.3) is 0 Å². The summed E-state index contributed by atoms with van der Waals surface area (Å²) >= 11 is 6.02. The van der Waals surface area contributed by atoms with Gasteiger partial charge in [0, 0.05) is 29.7 Å². The molecule has 0 aliphatic heterocycles. The van der Waals surface area contributed by atoms with Crippen molar-refractivity contribution in [3.8, 4) is 5.75 Å². The number of benzene rings is 1. The number of carbonyl (C=O) groups is 1. The first-order valence-electron chi connectivity index (χ1n) is 6.90. The molecule has 4 nitrogen and oxygen atoms in total. The zero-order valence-electron chi connectivity index (χ0n) is 12.5. The average Bonchev–Trinajstić information content (AvgIpc) is 2.39. The van der Waals surface area contributed by atoms with E-state index >= 15 is 0 Å². The second-order valence-electron chi connectivity index (χ2n) is 4.94. The molecule has 0 aliphatic carbocycles. The highest BCUT2D eigenvalue weighted by Gasteiger charge is 2.15. The maximum atomic E-state index is 11.7. The van der Waals surface area contributed by atoms with E-state index in [1.54, 1.807) is 19.1 Å². The van der Waals surface area contributed by atoms with Gasteiger partial charge < -0.3 is 15.4 Å². The summed E-state index contributed by atoms with van der Waals surface area (Å²) in [5.74, 6) is 0.562. The fourth-order valence-corrected chi connectivity index (χ4v) is 1.87. The molecule has 0 spiro atoms. The van der Waals surface area contributed by atoms with Gasteiger partial charge in [-0.05, 0) is 32.0 Å². The normalized spacial score (nSPS) is 12.3. The Kier molecular flexibility index (Phi) is 6.82. The Labute approximate surface area is 125 Å². The third-order valence-electron chi connectivity index (χ3n) is 2.75. The van der Waals surface area contributed by atoms with Crippen LogP contribution in [0.15, 0.2) is 18.2 Å². The highest BCUT2D eigenvalue weighted by Crippen LogP contribution is 2.24. The van der Waals surface area contributed by atoms with E-state index < -0.39 is 6.10 Å². The lowest BCUT2D eigenvalue weighted by atomic mass is 10.2. The molecule has 1 unspecified atom stereocenters. The first-order chi connectivity index (χ1) is 9.43. The molecular weight excluding hydrogens is 276 g/mol. The molecule has 0 aliphatic rings. The molecule has 0 saturated carbocycles. The highest BCUT2D eigenvalue weighted by molar-refractivity contribution is 6.30. The second-order valence-corrected chi connectivity index (χ2v) is 5.38. The summed E-state index contributed by atoms with van der Waals surface area (Å²) in [6.07, 6.45) is -0.533. The van der Waals surface area contributed by atoms with Gasteiger partial charge in [0.2, 0.25) is 0 Å². The van der Waals surface area contributed by atoms with E-state index in [0.29, 0.717) is 29.9 Å². The number of amides is 1. The van der Waals surface area contributed by atoms with Crippen LogP contribution in [0.4, 0.5) is 0 Å². The molecular formula is C15H23ClN2O2. The van der Waals surface area contributed by atoms with Crippen molar-refractivity contribution in [2.75, 3.05) is 6.54 Å². The smallest absolute Gasteiger partial charge is 0.260 e. The lowest BCUT2D eigenvalue weighted by molar-refractivity contribution is -0.127. The van der Waals surface area contributed by atoms with Crippen molar-refractivity contribution in [3.63, 3.8) is 0 Å². The first kappa shape index (κ1) is 16.8. The molecule has 1 aromatic rings. The van der Waals surface area contributed by atoms with Gasteiger partial charge in [0.1, 0.15) is 5.75 Å². The number of hydrogen-bond donors (Lipinski definition) is 2. The van der Waals surface area contributed by atoms with Gasteiger partial charge in [0.05, 0.1) is 0 Å². The molecule has 1 aromatic carbocycles. The zero-order valence-corrected chi connectivity index (χ0v) is 13.3. The zero-order chi connectivity index (χ0) is 15.1. The summed E-state index contributed by atoms with van der Waals surface area (Å²) in [5.41, 5.74) is 0.947. The molecule has 2 N–H and O–H groups in total. The number of hydrogen-bond acceptors (Lipinski definition) is 3. The fourth-order valence-electron chi connectivity index (χ4n) is 1.68. The molecule has 0 fully saturated rings. The van der Waals surface area contributed by atoms with E-state index in [9.17, 15) is 4.79 Å². The van der Waals surface area contributed by atoms with E-state index in [1.165, 1.54) is 0 Å².